The molecule has 0 unspecified atom stereocenters. The summed E-state index contributed by atoms with van der Waals surface area (Å²) in [5, 5.41) is 26.7. The van der Waals surface area contributed by atoms with Crippen LogP contribution < -0.4 is 0 Å². The molecule has 4 heteroatoms. The molecule has 4 nitrogen and oxygen atoms in total. The Morgan fingerprint density at radius 3 is 2.45 bits per heavy atom. The van der Waals surface area contributed by atoms with Gasteiger partial charge in [0.05, 0.1) is 25.4 Å². The molecule has 3 N–H and O–H groups in total. The zero-order valence-corrected chi connectivity index (χ0v) is 6.31. The molecule has 1 aliphatic rings. The van der Waals surface area contributed by atoms with Crippen molar-refractivity contribution in [2.75, 3.05) is 13.2 Å². The summed E-state index contributed by atoms with van der Waals surface area (Å²) >= 11 is 0. The van der Waals surface area contributed by atoms with Gasteiger partial charge in [-0.05, 0) is 12.8 Å². The van der Waals surface area contributed by atoms with Gasteiger partial charge in [-0.2, -0.15) is 0 Å². The second-order valence-corrected chi connectivity index (χ2v) is 2.77. The van der Waals surface area contributed by atoms with Crippen molar-refractivity contribution < 1.29 is 20.1 Å². The van der Waals surface area contributed by atoms with Crippen molar-refractivity contribution in [2.45, 2.75) is 31.2 Å². The Kier molecular flexibility index (Phi) is 3.26. The van der Waals surface area contributed by atoms with Crippen LogP contribution in [0, 0.1) is 0 Å². The van der Waals surface area contributed by atoms with Crippen LogP contribution >= 0.6 is 0 Å². The molecule has 0 heterocycles. The van der Waals surface area contributed by atoms with Gasteiger partial charge < -0.3 is 20.1 Å². The number of hydrogen-bond acceptors (Lipinski definition) is 4. The van der Waals surface area contributed by atoms with Crippen LogP contribution in [0.2, 0.25) is 0 Å². The van der Waals surface area contributed by atoms with Gasteiger partial charge in [-0.1, -0.05) is 0 Å². The zero-order valence-electron chi connectivity index (χ0n) is 6.31. The third-order valence-electron chi connectivity index (χ3n) is 1.95. The topological polar surface area (TPSA) is 69.9 Å². The van der Waals surface area contributed by atoms with E-state index in [2.05, 4.69) is 0 Å². The van der Waals surface area contributed by atoms with Gasteiger partial charge in [0.25, 0.3) is 0 Å². The standard InChI is InChI=1S/C7H14O4/c8-3-4-11-6-2-1-5(9)7(6)10/h5-10H,1-4H2/t5-,6-,7-/m0/s1. The molecule has 0 radical (unpaired) electrons. The highest BCUT2D eigenvalue weighted by atomic mass is 16.5. The molecule has 0 saturated heterocycles. The normalized spacial score (nSPS) is 37.9. The highest BCUT2D eigenvalue weighted by Gasteiger charge is 2.33. The first-order chi connectivity index (χ1) is 5.25. The number of aliphatic hydroxyl groups excluding tert-OH is 3. The van der Waals surface area contributed by atoms with Crippen molar-refractivity contribution in [3.63, 3.8) is 0 Å². The Labute approximate surface area is 65.4 Å². The van der Waals surface area contributed by atoms with Crippen molar-refractivity contribution in [2.24, 2.45) is 0 Å². The molecule has 11 heavy (non-hydrogen) atoms. The van der Waals surface area contributed by atoms with E-state index in [0.29, 0.717) is 12.8 Å². The lowest BCUT2D eigenvalue weighted by molar-refractivity contribution is -0.0608. The smallest absolute Gasteiger partial charge is 0.106 e. The molecule has 0 aliphatic heterocycles. The average Bonchev–Trinajstić information content (AvgIpc) is 2.31. The fourth-order valence-corrected chi connectivity index (χ4v) is 1.31. The van der Waals surface area contributed by atoms with Crippen LogP contribution in [0.3, 0.4) is 0 Å². The van der Waals surface area contributed by atoms with Gasteiger partial charge in [0.15, 0.2) is 0 Å². The van der Waals surface area contributed by atoms with E-state index in [9.17, 15) is 5.11 Å². The maximum Gasteiger partial charge on any atom is 0.106 e. The maximum atomic E-state index is 9.23. The quantitative estimate of drug-likeness (QED) is 0.491. The molecule has 1 fully saturated rings. The SMILES string of the molecule is OCCO[C@H]1CC[C@H](O)[C@@H]1O. The lowest BCUT2D eigenvalue weighted by Gasteiger charge is -2.16. The Bertz CT molecular complexity index is 117. The van der Waals surface area contributed by atoms with E-state index >= 15 is 0 Å². The first-order valence-electron chi connectivity index (χ1n) is 3.84. The molecule has 0 aromatic rings. The highest BCUT2D eigenvalue weighted by Crippen LogP contribution is 2.22. The number of ether oxygens (including phenoxy) is 1. The molecule has 66 valence electrons. The van der Waals surface area contributed by atoms with Gasteiger partial charge in [0.2, 0.25) is 0 Å². The molecule has 3 atom stereocenters. The van der Waals surface area contributed by atoms with E-state index in [0.717, 1.165) is 0 Å². The second-order valence-electron chi connectivity index (χ2n) is 2.77. The van der Waals surface area contributed by atoms with E-state index in [1.165, 1.54) is 0 Å². The summed E-state index contributed by atoms with van der Waals surface area (Å²) in [6.07, 6.45) is -0.475. The molecule has 1 saturated carbocycles. The van der Waals surface area contributed by atoms with Crippen molar-refractivity contribution in [1.29, 1.82) is 0 Å². The fraction of sp³-hybridized carbons (Fsp3) is 1.00. The average molecular weight is 162 g/mol. The summed E-state index contributed by atoms with van der Waals surface area (Å²) in [6.45, 7) is 0.188. The first-order valence-corrected chi connectivity index (χ1v) is 3.84. The van der Waals surface area contributed by atoms with Gasteiger partial charge in [-0.15, -0.1) is 0 Å². The monoisotopic (exact) mass is 162 g/mol. The summed E-state index contributed by atoms with van der Waals surface area (Å²) in [7, 11) is 0. The van der Waals surface area contributed by atoms with Gasteiger partial charge in [0, 0.05) is 0 Å². The van der Waals surface area contributed by atoms with Crippen molar-refractivity contribution in [3.8, 4) is 0 Å². The number of aliphatic hydroxyl groups is 3. The lowest BCUT2D eigenvalue weighted by Crippen LogP contribution is -2.31. The minimum absolute atomic E-state index is 0.0423. The van der Waals surface area contributed by atoms with E-state index < -0.39 is 12.2 Å². The molecule has 0 aromatic heterocycles. The van der Waals surface area contributed by atoms with Crippen LogP contribution in [-0.4, -0.2) is 46.8 Å². The van der Waals surface area contributed by atoms with Crippen LogP contribution in [-0.2, 0) is 4.74 Å². The van der Waals surface area contributed by atoms with Gasteiger partial charge >= 0.3 is 0 Å². The molecule has 0 spiro atoms. The van der Waals surface area contributed by atoms with Gasteiger partial charge in [0.1, 0.15) is 6.10 Å². The Morgan fingerprint density at radius 2 is 2.00 bits per heavy atom. The lowest BCUT2D eigenvalue weighted by atomic mass is 10.2. The van der Waals surface area contributed by atoms with E-state index in [-0.39, 0.29) is 19.3 Å². The number of rotatable bonds is 3. The van der Waals surface area contributed by atoms with Gasteiger partial charge in [-0.3, -0.25) is 0 Å². The molecule has 0 bridgehead atoms. The minimum atomic E-state index is -0.776. The van der Waals surface area contributed by atoms with Crippen LogP contribution in [0.4, 0.5) is 0 Å². The second kappa shape index (κ2) is 4.01. The molecular weight excluding hydrogens is 148 g/mol. The van der Waals surface area contributed by atoms with Crippen molar-refractivity contribution in [3.05, 3.63) is 0 Å². The molecule has 1 rings (SSSR count). The third-order valence-corrected chi connectivity index (χ3v) is 1.95. The predicted octanol–water partition coefficient (Wildman–Crippen LogP) is -1.12. The maximum absolute atomic E-state index is 9.23. The van der Waals surface area contributed by atoms with Crippen LogP contribution in [0.1, 0.15) is 12.8 Å². The van der Waals surface area contributed by atoms with Crippen molar-refractivity contribution >= 4 is 0 Å². The van der Waals surface area contributed by atoms with Gasteiger partial charge in [-0.25, -0.2) is 0 Å². The Hall–Kier alpha value is -0.160. The van der Waals surface area contributed by atoms with Crippen LogP contribution in [0.25, 0.3) is 0 Å². The van der Waals surface area contributed by atoms with Crippen LogP contribution in [0.5, 0.6) is 0 Å². The zero-order chi connectivity index (χ0) is 8.27. The molecule has 0 amide bonds. The first kappa shape index (κ1) is 8.93. The Morgan fingerprint density at radius 1 is 1.27 bits per heavy atom. The van der Waals surface area contributed by atoms with E-state index in [1.54, 1.807) is 0 Å². The summed E-state index contributed by atoms with van der Waals surface area (Å²) in [4.78, 5) is 0. The highest BCUT2D eigenvalue weighted by molar-refractivity contribution is 4.84. The number of hydrogen-bond donors (Lipinski definition) is 3. The van der Waals surface area contributed by atoms with Crippen molar-refractivity contribution in [1.82, 2.24) is 0 Å². The predicted molar refractivity (Wildman–Crippen MR) is 38.1 cm³/mol. The summed E-state index contributed by atoms with van der Waals surface area (Å²) in [6, 6.07) is 0. The summed E-state index contributed by atoms with van der Waals surface area (Å²) < 4.78 is 5.07. The molecule has 1 aliphatic carbocycles. The molecular formula is C7H14O4. The van der Waals surface area contributed by atoms with E-state index in [1.807, 2.05) is 0 Å². The van der Waals surface area contributed by atoms with E-state index in [4.69, 9.17) is 14.9 Å². The Balaban J connectivity index is 2.24. The fourth-order valence-electron chi connectivity index (χ4n) is 1.31. The summed E-state index contributed by atoms with van der Waals surface area (Å²) in [5.74, 6) is 0. The summed E-state index contributed by atoms with van der Waals surface area (Å²) in [5.41, 5.74) is 0. The minimum Gasteiger partial charge on any atom is -0.394 e. The third kappa shape index (κ3) is 2.13. The van der Waals surface area contributed by atoms with Crippen LogP contribution in [0.15, 0.2) is 0 Å². The molecule has 0 aromatic carbocycles. The largest absolute Gasteiger partial charge is 0.394 e.